The average Bonchev–Trinajstić information content (AvgIpc) is 2.71. The lowest BCUT2D eigenvalue weighted by Crippen LogP contribution is -2.23. The van der Waals surface area contributed by atoms with Crippen LogP contribution < -0.4 is 10.6 Å². The molecule has 0 amide bonds. The first kappa shape index (κ1) is 17.4. The summed E-state index contributed by atoms with van der Waals surface area (Å²) in [6, 6.07) is 12.4. The fraction of sp³-hybridized carbons (Fsp3) is 0.286. The topological polar surface area (TPSA) is 62.7 Å². The molecule has 2 aromatic heterocycles. The molecule has 5 nitrogen and oxygen atoms in total. The summed E-state index contributed by atoms with van der Waals surface area (Å²) in [4.78, 5) is 13.5. The van der Waals surface area contributed by atoms with Gasteiger partial charge in [-0.25, -0.2) is 9.37 Å². The molecule has 6 heteroatoms. The monoisotopic (exact) mass is 363 g/mol. The van der Waals surface area contributed by atoms with Crippen molar-refractivity contribution in [3.63, 3.8) is 0 Å². The van der Waals surface area contributed by atoms with E-state index in [2.05, 4.69) is 20.6 Å². The molecular formula is C21H22FN5. The normalized spacial score (nSPS) is 14.7. The SMILES string of the molecule is Fc1ccc(Nc2cc(-c3cccnc3)nc(NC3CCCCC3)n2)cc1. The van der Waals surface area contributed by atoms with Gasteiger partial charge < -0.3 is 10.6 Å². The average molecular weight is 363 g/mol. The van der Waals surface area contributed by atoms with Crippen molar-refractivity contribution < 1.29 is 4.39 Å². The highest BCUT2D eigenvalue weighted by molar-refractivity contribution is 5.66. The zero-order valence-corrected chi connectivity index (χ0v) is 15.0. The number of rotatable bonds is 5. The van der Waals surface area contributed by atoms with Gasteiger partial charge in [0.15, 0.2) is 0 Å². The highest BCUT2D eigenvalue weighted by atomic mass is 19.1. The number of nitrogens with zero attached hydrogens (tertiary/aromatic N) is 3. The van der Waals surface area contributed by atoms with E-state index in [1.165, 1.54) is 31.4 Å². The van der Waals surface area contributed by atoms with Gasteiger partial charge in [0, 0.05) is 35.8 Å². The first-order valence-corrected chi connectivity index (χ1v) is 9.35. The minimum absolute atomic E-state index is 0.265. The maximum atomic E-state index is 13.2. The first-order chi connectivity index (χ1) is 13.3. The smallest absolute Gasteiger partial charge is 0.225 e. The Hall–Kier alpha value is -3.02. The molecule has 1 aliphatic rings. The second-order valence-corrected chi connectivity index (χ2v) is 6.81. The van der Waals surface area contributed by atoms with Gasteiger partial charge in [-0.15, -0.1) is 0 Å². The Morgan fingerprint density at radius 3 is 2.52 bits per heavy atom. The van der Waals surface area contributed by atoms with Crippen LogP contribution in [0.2, 0.25) is 0 Å². The van der Waals surface area contributed by atoms with Gasteiger partial charge in [0.25, 0.3) is 0 Å². The zero-order valence-electron chi connectivity index (χ0n) is 15.0. The Kier molecular flexibility index (Phi) is 5.23. The van der Waals surface area contributed by atoms with Gasteiger partial charge in [0.05, 0.1) is 5.69 Å². The second kappa shape index (κ2) is 8.12. The third-order valence-corrected chi connectivity index (χ3v) is 4.74. The van der Waals surface area contributed by atoms with Crippen LogP contribution in [-0.2, 0) is 0 Å². The van der Waals surface area contributed by atoms with E-state index in [4.69, 9.17) is 4.98 Å². The molecule has 0 aliphatic heterocycles. The zero-order chi connectivity index (χ0) is 18.5. The van der Waals surface area contributed by atoms with Crippen molar-refractivity contribution in [1.29, 1.82) is 0 Å². The van der Waals surface area contributed by atoms with Crippen molar-refractivity contribution in [3.05, 3.63) is 60.7 Å². The standard InChI is InChI=1S/C21H22FN5/c22-16-8-10-18(11-9-16)24-20-13-19(15-5-4-12-23-14-15)26-21(27-20)25-17-6-2-1-3-7-17/h4-5,8-14,17H,1-3,6-7H2,(H2,24,25,26,27). The summed E-state index contributed by atoms with van der Waals surface area (Å²) < 4.78 is 13.2. The largest absolute Gasteiger partial charge is 0.351 e. The molecule has 0 unspecified atom stereocenters. The van der Waals surface area contributed by atoms with Gasteiger partial charge in [-0.1, -0.05) is 19.3 Å². The van der Waals surface area contributed by atoms with Crippen LogP contribution in [0.4, 0.5) is 21.8 Å². The molecule has 0 spiro atoms. The van der Waals surface area contributed by atoms with Crippen molar-refractivity contribution >= 4 is 17.5 Å². The van der Waals surface area contributed by atoms with Crippen LogP contribution in [0, 0.1) is 5.82 Å². The molecule has 0 bridgehead atoms. The molecule has 1 aromatic carbocycles. The molecule has 27 heavy (non-hydrogen) atoms. The van der Waals surface area contributed by atoms with Gasteiger partial charge in [0.2, 0.25) is 5.95 Å². The van der Waals surface area contributed by atoms with Crippen LogP contribution in [-0.4, -0.2) is 21.0 Å². The molecule has 138 valence electrons. The molecule has 2 N–H and O–H groups in total. The number of aromatic nitrogens is 3. The van der Waals surface area contributed by atoms with Gasteiger partial charge in [-0.3, -0.25) is 4.98 Å². The molecule has 1 aliphatic carbocycles. The van der Waals surface area contributed by atoms with Crippen molar-refractivity contribution in [2.45, 2.75) is 38.1 Å². The molecule has 1 fully saturated rings. The summed E-state index contributed by atoms with van der Waals surface area (Å²) in [6.07, 6.45) is 9.58. The Labute approximate surface area is 158 Å². The van der Waals surface area contributed by atoms with Crippen LogP contribution in [0.3, 0.4) is 0 Å². The Morgan fingerprint density at radius 2 is 1.78 bits per heavy atom. The van der Waals surface area contributed by atoms with Crippen molar-refractivity contribution in [3.8, 4) is 11.3 Å². The summed E-state index contributed by atoms with van der Waals surface area (Å²) in [7, 11) is 0. The highest BCUT2D eigenvalue weighted by Gasteiger charge is 2.15. The second-order valence-electron chi connectivity index (χ2n) is 6.81. The van der Waals surface area contributed by atoms with Crippen molar-refractivity contribution in [1.82, 2.24) is 15.0 Å². The first-order valence-electron chi connectivity index (χ1n) is 9.35. The maximum Gasteiger partial charge on any atom is 0.225 e. The van der Waals surface area contributed by atoms with Gasteiger partial charge in [-0.05, 0) is 49.2 Å². The van der Waals surface area contributed by atoms with Crippen LogP contribution in [0.1, 0.15) is 32.1 Å². The minimum atomic E-state index is -0.265. The molecular weight excluding hydrogens is 341 g/mol. The van der Waals surface area contributed by atoms with Gasteiger partial charge >= 0.3 is 0 Å². The van der Waals surface area contributed by atoms with Crippen LogP contribution in [0.5, 0.6) is 0 Å². The van der Waals surface area contributed by atoms with E-state index >= 15 is 0 Å². The quantitative estimate of drug-likeness (QED) is 0.655. The molecule has 0 atom stereocenters. The summed E-state index contributed by atoms with van der Waals surface area (Å²) in [6.45, 7) is 0. The van der Waals surface area contributed by atoms with Crippen LogP contribution in [0.25, 0.3) is 11.3 Å². The molecule has 0 radical (unpaired) electrons. The molecule has 4 rings (SSSR count). The lowest BCUT2D eigenvalue weighted by molar-refractivity contribution is 0.461. The summed E-state index contributed by atoms with van der Waals surface area (Å²) in [5, 5.41) is 6.72. The number of benzene rings is 1. The van der Waals surface area contributed by atoms with Crippen LogP contribution in [0.15, 0.2) is 54.9 Å². The van der Waals surface area contributed by atoms with E-state index in [0.29, 0.717) is 17.8 Å². The Balaban J connectivity index is 1.64. The fourth-order valence-corrected chi connectivity index (χ4v) is 3.35. The predicted molar refractivity (Wildman–Crippen MR) is 105 cm³/mol. The number of nitrogens with one attached hydrogen (secondary N) is 2. The number of hydrogen-bond acceptors (Lipinski definition) is 5. The third-order valence-electron chi connectivity index (χ3n) is 4.74. The molecule has 2 heterocycles. The minimum Gasteiger partial charge on any atom is -0.351 e. The van der Waals surface area contributed by atoms with Crippen molar-refractivity contribution in [2.24, 2.45) is 0 Å². The van der Waals surface area contributed by atoms with E-state index in [1.807, 2.05) is 18.2 Å². The number of pyridine rings is 1. The van der Waals surface area contributed by atoms with E-state index in [-0.39, 0.29) is 5.82 Å². The third kappa shape index (κ3) is 4.58. The lowest BCUT2D eigenvalue weighted by atomic mass is 9.96. The summed E-state index contributed by atoms with van der Waals surface area (Å²) in [5.41, 5.74) is 2.49. The number of halogens is 1. The van der Waals surface area contributed by atoms with Crippen LogP contribution >= 0.6 is 0 Å². The van der Waals surface area contributed by atoms with E-state index in [1.54, 1.807) is 24.5 Å². The molecule has 3 aromatic rings. The fourth-order valence-electron chi connectivity index (χ4n) is 3.35. The van der Waals surface area contributed by atoms with E-state index in [0.717, 1.165) is 29.8 Å². The summed E-state index contributed by atoms with van der Waals surface area (Å²) in [5.74, 6) is 1.00. The van der Waals surface area contributed by atoms with E-state index in [9.17, 15) is 4.39 Å². The number of anilines is 3. The maximum absolute atomic E-state index is 13.2. The van der Waals surface area contributed by atoms with Gasteiger partial charge in [0.1, 0.15) is 11.6 Å². The van der Waals surface area contributed by atoms with E-state index < -0.39 is 0 Å². The summed E-state index contributed by atoms with van der Waals surface area (Å²) >= 11 is 0. The lowest BCUT2D eigenvalue weighted by Gasteiger charge is -2.23. The molecule has 0 saturated heterocycles. The Bertz CT molecular complexity index is 877. The highest BCUT2D eigenvalue weighted by Crippen LogP contribution is 2.25. The number of hydrogen-bond donors (Lipinski definition) is 2. The predicted octanol–water partition coefficient (Wildman–Crippen LogP) is 5.17. The molecule has 1 saturated carbocycles. The van der Waals surface area contributed by atoms with Gasteiger partial charge in [-0.2, -0.15) is 4.98 Å². The van der Waals surface area contributed by atoms with Crippen molar-refractivity contribution in [2.75, 3.05) is 10.6 Å². The Morgan fingerprint density at radius 1 is 0.963 bits per heavy atom.